The van der Waals surface area contributed by atoms with E-state index in [1.807, 2.05) is 19.1 Å². The predicted octanol–water partition coefficient (Wildman–Crippen LogP) is 1.26. The molecule has 0 radical (unpaired) electrons. The van der Waals surface area contributed by atoms with Crippen LogP contribution in [0.3, 0.4) is 0 Å². The van der Waals surface area contributed by atoms with Crippen molar-refractivity contribution in [2.24, 2.45) is 5.73 Å². The Balaban J connectivity index is 2.06. The van der Waals surface area contributed by atoms with Crippen molar-refractivity contribution in [3.05, 3.63) is 29.7 Å². The number of benzene rings is 1. The summed E-state index contributed by atoms with van der Waals surface area (Å²) in [5.74, 6) is 0.995. The molecule has 0 aliphatic carbocycles. The number of hydrogen-bond acceptors (Lipinski definition) is 4. The summed E-state index contributed by atoms with van der Waals surface area (Å²) in [6.07, 6.45) is 1.58. The Kier molecular flexibility index (Phi) is 2.63. The number of carbonyl (C=O) groups is 1. The molecule has 19 heavy (non-hydrogen) atoms. The molecule has 98 valence electrons. The topological polar surface area (TPSA) is 90.2 Å². The fourth-order valence-corrected chi connectivity index (χ4v) is 2.06. The smallest absolute Gasteiger partial charge is 0.284 e. The Bertz CT molecular complexity index is 649. The van der Waals surface area contributed by atoms with E-state index < -0.39 is 5.91 Å². The minimum absolute atomic E-state index is 0.143. The number of amides is 1. The van der Waals surface area contributed by atoms with Gasteiger partial charge in [-0.1, -0.05) is 0 Å². The van der Waals surface area contributed by atoms with Gasteiger partial charge in [0.2, 0.25) is 0 Å². The van der Waals surface area contributed by atoms with Crippen molar-refractivity contribution in [1.29, 1.82) is 0 Å². The van der Waals surface area contributed by atoms with Crippen LogP contribution in [0.15, 0.2) is 18.3 Å². The molecule has 1 amide bonds. The van der Waals surface area contributed by atoms with Crippen molar-refractivity contribution in [1.82, 2.24) is 9.97 Å². The van der Waals surface area contributed by atoms with E-state index in [9.17, 15) is 4.79 Å². The molecule has 0 saturated carbocycles. The van der Waals surface area contributed by atoms with Gasteiger partial charge < -0.3 is 20.2 Å². The van der Waals surface area contributed by atoms with Crippen LogP contribution in [0.4, 0.5) is 0 Å². The Morgan fingerprint density at radius 1 is 1.32 bits per heavy atom. The van der Waals surface area contributed by atoms with Crippen molar-refractivity contribution < 1.29 is 14.3 Å². The Morgan fingerprint density at radius 3 is 2.63 bits per heavy atom. The summed E-state index contributed by atoms with van der Waals surface area (Å²) in [6.45, 7) is 3.05. The van der Waals surface area contributed by atoms with Crippen molar-refractivity contribution in [3.8, 4) is 22.8 Å². The lowest BCUT2D eigenvalue weighted by Gasteiger charge is -2.20. The fourth-order valence-electron chi connectivity index (χ4n) is 2.06. The first-order valence-electron chi connectivity index (χ1n) is 5.90. The molecule has 0 bridgehead atoms. The Hall–Kier alpha value is -2.50. The van der Waals surface area contributed by atoms with Crippen molar-refractivity contribution >= 4 is 5.91 Å². The normalized spacial score (nSPS) is 13.3. The molecule has 1 aromatic heterocycles. The largest absolute Gasteiger partial charge is 0.486 e. The van der Waals surface area contributed by atoms with Crippen LogP contribution in [-0.4, -0.2) is 29.1 Å². The van der Waals surface area contributed by atoms with E-state index in [0.29, 0.717) is 19.0 Å². The molecular formula is C13H13N3O3. The number of imidazole rings is 1. The van der Waals surface area contributed by atoms with Crippen molar-refractivity contribution in [2.45, 2.75) is 6.92 Å². The van der Waals surface area contributed by atoms with Crippen LogP contribution < -0.4 is 15.2 Å². The molecule has 0 unspecified atom stereocenters. The van der Waals surface area contributed by atoms with Crippen LogP contribution in [0, 0.1) is 6.92 Å². The third-order valence-electron chi connectivity index (χ3n) is 2.99. The van der Waals surface area contributed by atoms with Crippen molar-refractivity contribution in [3.63, 3.8) is 0 Å². The maximum Gasteiger partial charge on any atom is 0.284 e. The van der Waals surface area contributed by atoms with Gasteiger partial charge in [0.05, 0.1) is 11.9 Å². The molecule has 0 fully saturated rings. The molecular weight excluding hydrogens is 246 g/mol. The minimum Gasteiger partial charge on any atom is -0.486 e. The number of aryl methyl sites for hydroxylation is 1. The number of primary amides is 1. The highest BCUT2D eigenvalue weighted by Gasteiger charge is 2.16. The first kappa shape index (κ1) is 11.6. The van der Waals surface area contributed by atoms with Gasteiger partial charge in [-0.2, -0.15) is 0 Å². The Labute approximate surface area is 109 Å². The van der Waals surface area contributed by atoms with E-state index in [0.717, 1.165) is 22.6 Å². The molecule has 0 spiro atoms. The average molecular weight is 259 g/mol. The average Bonchev–Trinajstić information content (AvgIpc) is 2.87. The molecule has 6 heteroatoms. The quantitative estimate of drug-likeness (QED) is 0.849. The molecule has 6 nitrogen and oxygen atoms in total. The van der Waals surface area contributed by atoms with Crippen LogP contribution >= 0.6 is 0 Å². The Morgan fingerprint density at radius 2 is 2.00 bits per heavy atom. The highest BCUT2D eigenvalue weighted by atomic mass is 16.6. The third-order valence-corrected chi connectivity index (χ3v) is 2.99. The van der Waals surface area contributed by atoms with E-state index in [-0.39, 0.29) is 5.82 Å². The number of ether oxygens (including phenoxy) is 2. The second-order valence-electron chi connectivity index (χ2n) is 4.32. The zero-order chi connectivity index (χ0) is 13.4. The standard InChI is InChI=1S/C13H13N3O3/c1-7-4-10-11(19-3-2-18-10)5-8(7)9-6-15-13(16-9)12(14)17/h4-6H,2-3H2,1H3,(H2,14,17)(H,15,16). The van der Waals surface area contributed by atoms with E-state index in [4.69, 9.17) is 15.2 Å². The maximum absolute atomic E-state index is 11.0. The lowest BCUT2D eigenvalue weighted by molar-refractivity contribution is 0.0991. The number of nitrogens with zero attached hydrogens (tertiary/aromatic N) is 1. The number of nitrogens with one attached hydrogen (secondary N) is 1. The molecule has 3 rings (SSSR count). The number of carbonyl (C=O) groups excluding carboxylic acids is 1. The number of hydrogen-bond donors (Lipinski definition) is 2. The summed E-state index contributed by atoms with van der Waals surface area (Å²) in [5.41, 5.74) is 7.81. The summed E-state index contributed by atoms with van der Waals surface area (Å²) < 4.78 is 11.1. The highest BCUT2D eigenvalue weighted by molar-refractivity contribution is 5.89. The van der Waals surface area contributed by atoms with E-state index in [1.165, 1.54) is 0 Å². The SMILES string of the molecule is Cc1cc2c(cc1-c1cnc(C(N)=O)[nH]1)OCCO2. The van der Waals surface area contributed by atoms with Crippen molar-refractivity contribution in [2.75, 3.05) is 13.2 Å². The fraction of sp³-hybridized carbons (Fsp3) is 0.231. The monoisotopic (exact) mass is 259 g/mol. The minimum atomic E-state index is -0.582. The van der Waals surface area contributed by atoms with E-state index >= 15 is 0 Å². The zero-order valence-corrected chi connectivity index (χ0v) is 10.4. The van der Waals surface area contributed by atoms with Crippen LogP contribution in [-0.2, 0) is 0 Å². The van der Waals surface area contributed by atoms with Crippen LogP contribution in [0.1, 0.15) is 16.2 Å². The van der Waals surface area contributed by atoms with Gasteiger partial charge in [-0.3, -0.25) is 4.79 Å². The van der Waals surface area contributed by atoms with Gasteiger partial charge in [0.25, 0.3) is 5.91 Å². The number of aromatic nitrogens is 2. The molecule has 0 atom stereocenters. The first-order chi connectivity index (χ1) is 9.15. The summed E-state index contributed by atoms with van der Waals surface area (Å²) in [5, 5.41) is 0. The van der Waals surface area contributed by atoms with Gasteiger partial charge in [-0.25, -0.2) is 4.98 Å². The van der Waals surface area contributed by atoms with E-state index in [2.05, 4.69) is 9.97 Å². The van der Waals surface area contributed by atoms with E-state index in [1.54, 1.807) is 6.20 Å². The van der Waals surface area contributed by atoms with Gasteiger partial charge in [-0.05, 0) is 24.6 Å². The summed E-state index contributed by atoms with van der Waals surface area (Å²) in [7, 11) is 0. The highest BCUT2D eigenvalue weighted by Crippen LogP contribution is 2.36. The van der Waals surface area contributed by atoms with Crippen LogP contribution in [0.2, 0.25) is 0 Å². The van der Waals surface area contributed by atoms with Crippen LogP contribution in [0.5, 0.6) is 11.5 Å². The number of H-pyrrole nitrogens is 1. The number of nitrogens with two attached hydrogens (primary N) is 1. The van der Waals surface area contributed by atoms with Gasteiger partial charge in [0.1, 0.15) is 13.2 Å². The van der Waals surface area contributed by atoms with Gasteiger partial charge in [0.15, 0.2) is 17.3 Å². The lowest BCUT2D eigenvalue weighted by atomic mass is 10.1. The van der Waals surface area contributed by atoms with Gasteiger partial charge in [0, 0.05) is 5.56 Å². The maximum atomic E-state index is 11.0. The number of rotatable bonds is 2. The third kappa shape index (κ3) is 2.01. The molecule has 1 aromatic carbocycles. The number of aromatic amines is 1. The predicted molar refractivity (Wildman–Crippen MR) is 68.3 cm³/mol. The summed E-state index contributed by atoms with van der Waals surface area (Å²) in [4.78, 5) is 17.9. The summed E-state index contributed by atoms with van der Waals surface area (Å²) in [6, 6.07) is 3.79. The zero-order valence-electron chi connectivity index (χ0n) is 10.4. The first-order valence-corrected chi connectivity index (χ1v) is 5.90. The molecule has 1 aliphatic heterocycles. The summed E-state index contributed by atoms with van der Waals surface area (Å²) >= 11 is 0. The van der Waals surface area contributed by atoms with Crippen LogP contribution in [0.25, 0.3) is 11.3 Å². The van der Waals surface area contributed by atoms with Gasteiger partial charge >= 0.3 is 0 Å². The molecule has 3 N–H and O–H groups in total. The molecule has 0 saturated heterocycles. The van der Waals surface area contributed by atoms with Gasteiger partial charge in [-0.15, -0.1) is 0 Å². The molecule has 1 aliphatic rings. The lowest BCUT2D eigenvalue weighted by Crippen LogP contribution is -2.15. The number of fused-ring (bicyclic) bond motifs is 1. The second-order valence-corrected chi connectivity index (χ2v) is 4.32. The molecule has 2 heterocycles. The molecule has 2 aromatic rings. The second kappa shape index (κ2) is 4.31.